The molecular formula is C11H14FN3. The van der Waals surface area contributed by atoms with E-state index in [0.717, 1.165) is 0 Å². The first-order valence-electron chi connectivity index (χ1n) is 4.74. The van der Waals surface area contributed by atoms with E-state index in [-0.39, 0.29) is 12.4 Å². The van der Waals surface area contributed by atoms with Gasteiger partial charge in [-0.05, 0) is 6.07 Å². The largest absolute Gasteiger partial charge is 0.287 e. The molecule has 1 N–H and O–H groups in total. The molecule has 0 aliphatic rings. The monoisotopic (exact) mass is 207 g/mol. The number of halogens is 1. The maximum Gasteiger partial charge on any atom is 0.128 e. The number of rotatable bonds is 4. The molecule has 0 saturated heterocycles. The van der Waals surface area contributed by atoms with Crippen LogP contribution in [0.1, 0.15) is 18.9 Å². The van der Waals surface area contributed by atoms with Crippen molar-refractivity contribution in [2.75, 3.05) is 0 Å². The lowest BCUT2D eigenvalue weighted by Crippen LogP contribution is -2.23. The minimum atomic E-state index is -0.282. The standard InChI is InChI=1S/C11H14FN3/c1-3-11(13)15(14-2)8-9-6-4-5-7-10(9)12/h4-7,13H,2-3,8H2,1H3. The van der Waals surface area contributed by atoms with Crippen LogP contribution in [0.3, 0.4) is 0 Å². The van der Waals surface area contributed by atoms with Gasteiger partial charge in [0.15, 0.2) is 0 Å². The lowest BCUT2D eigenvalue weighted by Gasteiger charge is -2.18. The second-order valence-corrected chi connectivity index (χ2v) is 3.09. The second-order valence-electron chi connectivity index (χ2n) is 3.09. The Bertz CT molecular complexity index is 363. The molecular weight excluding hydrogens is 193 g/mol. The van der Waals surface area contributed by atoms with Crippen molar-refractivity contribution < 1.29 is 4.39 Å². The third-order valence-electron chi connectivity index (χ3n) is 2.10. The van der Waals surface area contributed by atoms with Gasteiger partial charge in [-0.1, -0.05) is 25.1 Å². The third-order valence-corrected chi connectivity index (χ3v) is 2.10. The van der Waals surface area contributed by atoms with Gasteiger partial charge in [0.05, 0.1) is 6.54 Å². The van der Waals surface area contributed by atoms with E-state index in [1.165, 1.54) is 11.1 Å². The Kier molecular flexibility index (Phi) is 3.97. The van der Waals surface area contributed by atoms with Gasteiger partial charge in [0.25, 0.3) is 0 Å². The molecule has 80 valence electrons. The molecule has 0 amide bonds. The SMILES string of the molecule is C=NN(Cc1ccccc1F)C(=N)CC. The maximum atomic E-state index is 13.3. The highest BCUT2D eigenvalue weighted by molar-refractivity contribution is 5.78. The third kappa shape index (κ3) is 2.87. The first kappa shape index (κ1) is 11.4. The summed E-state index contributed by atoms with van der Waals surface area (Å²) in [5, 5.41) is 12.7. The minimum absolute atomic E-state index is 0.253. The van der Waals surface area contributed by atoms with Gasteiger partial charge in [-0.3, -0.25) is 5.41 Å². The van der Waals surface area contributed by atoms with E-state index < -0.39 is 0 Å². The molecule has 0 aliphatic carbocycles. The van der Waals surface area contributed by atoms with E-state index >= 15 is 0 Å². The quantitative estimate of drug-likeness (QED) is 0.460. The summed E-state index contributed by atoms with van der Waals surface area (Å²) in [6.45, 7) is 5.47. The first-order valence-corrected chi connectivity index (χ1v) is 4.74. The molecule has 1 rings (SSSR count). The van der Waals surface area contributed by atoms with E-state index in [4.69, 9.17) is 5.41 Å². The zero-order valence-corrected chi connectivity index (χ0v) is 8.70. The predicted octanol–water partition coefficient (Wildman–Crippen LogP) is 2.63. The Morgan fingerprint density at radius 2 is 2.20 bits per heavy atom. The van der Waals surface area contributed by atoms with E-state index in [2.05, 4.69) is 11.8 Å². The van der Waals surface area contributed by atoms with E-state index in [9.17, 15) is 4.39 Å². The summed E-state index contributed by atoms with van der Waals surface area (Å²) in [4.78, 5) is 0. The molecule has 0 fully saturated rings. The molecule has 1 aromatic carbocycles. The predicted molar refractivity (Wildman–Crippen MR) is 59.5 cm³/mol. The number of nitrogens with zero attached hydrogens (tertiary/aromatic N) is 2. The topological polar surface area (TPSA) is 39.5 Å². The summed E-state index contributed by atoms with van der Waals surface area (Å²) < 4.78 is 13.3. The van der Waals surface area contributed by atoms with Crippen molar-refractivity contribution in [3.05, 3.63) is 35.6 Å². The van der Waals surface area contributed by atoms with Crippen molar-refractivity contribution in [3.63, 3.8) is 0 Å². The van der Waals surface area contributed by atoms with Gasteiger partial charge in [-0.25, -0.2) is 9.40 Å². The Morgan fingerprint density at radius 1 is 1.53 bits per heavy atom. The summed E-state index contributed by atoms with van der Waals surface area (Å²) in [6.07, 6.45) is 0.549. The van der Waals surface area contributed by atoms with Gasteiger partial charge in [0.1, 0.15) is 11.7 Å². The van der Waals surface area contributed by atoms with Crippen LogP contribution in [0.15, 0.2) is 29.4 Å². The van der Waals surface area contributed by atoms with E-state index in [1.807, 2.05) is 6.92 Å². The molecule has 0 saturated carbocycles. The first-order chi connectivity index (χ1) is 7.19. The van der Waals surface area contributed by atoms with Crippen LogP contribution in [0.25, 0.3) is 0 Å². The van der Waals surface area contributed by atoms with Crippen LogP contribution in [-0.4, -0.2) is 17.6 Å². The van der Waals surface area contributed by atoms with Crippen LogP contribution >= 0.6 is 0 Å². The molecule has 0 unspecified atom stereocenters. The van der Waals surface area contributed by atoms with Gasteiger partial charge in [0.2, 0.25) is 0 Å². The van der Waals surface area contributed by atoms with Crippen molar-refractivity contribution >= 4 is 12.6 Å². The lowest BCUT2D eigenvalue weighted by atomic mass is 10.2. The van der Waals surface area contributed by atoms with E-state index in [0.29, 0.717) is 17.8 Å². The smallest absolute Gasteiger partial charge is 0.128 e. The maximum absolute atomic E-state index is 13.3. The fourth-order valence-electron chi connectivity index (χ4n) is 1.20. The zero-order valence-electron chi connectivity index (χ0n) is 8.70. The molecule has 0 aromatic heterocycles. The summed E-state index contributed by atoms with van der Waals surface area (Å²) >= 11 is 0. The van der Waals surface area contributed by atoms with Crippen molar-refractivity contribution in [1.29, 1.82) is 5.41 Å². The molecule has 0 atom stereocenters. The number of hydrogen-bond donors (Lipinski definition) is 1. The van der Waals surface area contributed by atoms with Gasteiger partial charge in [0, 0.05) is 18.7 Å². The van der Waals surface area contributed by atoms with E-state index in [1.54, 1.807) is 18.2 Å². The van der Waals surface area contributed by atoms with Crippen LogP contribution < -0.4 is 0 Å². The van der Waals surface area contributed by atoms with Crippen molar-refractivity contribution in [3.8, 4) is 0 Å². The Labute approximate surface area is 88.7 Å². The van der Waals surface area contributed by atoms with Crippen LogP contribution in [0.2, 0.25) is 0 Å². The number of hydrazone groups is 1. The van der Waals surface area contributed by atoms with Crippen LogP contribution in [-0.2, 0) is 6.54 Å². The zero-order chi connectivity index (χ0) is 11.3. The summed E-state index contributed by atoms with van der Waals surface area (Å²) in [5.41, 5.74) is 0.517. The van der Waals surface area contributed by atoms with Gasteiger partial charge >= 0.3 is 0 Å². The highest BCUT2D eigenvalue weighted by atomic mass is 19.1. The molecule has 4 heteroatoms. The fraction of sp³-hybridized carbons (Fsp3) is 0.273. The number of hydrogen-bond acceptors (Lipinski definition) is 2. The average Bonchev–Trinajstić information content (AvgIpc) is 2.27. The number of benzene rings is 1. The summed E-state index contributed by atoms with van der Waals surface area (Å²) in [6, 6.07) is 6.47. The molecule has 0 heterocycles. The molecule has 1 aromatic rings. The molecule has 0 radical (unpaired) electrons. The van der Waals surface area contributed by atoms with Gasteiger partial charge < -0.3 is 0 Å². The Morgan fingerprint density at radius 3 is 2.73 bits per heavy atom. The molecule has 0 bridgehead atoms. The average molecular weight is 207 g/mol. The van der Waals surface area contributed by atoms with Gasteiger partial charge in [-0.15, -0.1) is 0 Å². The normalized spacial score (nSPS) is 9.73. The van der Waals surface area contributed by atoms with Crippen LogP contribution in [0, 0.1) is 11.2 Å². The van der Waals surface area contributed by atoms with Crippen molar-refractivity contribution in [2.45, 2.75) is 19.9 Å². The van der Waals surface area contributed by atoms with Gasteiger partial charge in [-0.2, -0.15) is 5.10 Å². The fourth-order valence-corrected chi connectivity index (χ4v) is 1.20. The molecule has 15 heavy (non-hydrogen) atoms. The summed E-state index contributed by atoms with van der Waals surface area (Å²) in [7, 11) is 0. The molecule has 3 nitrogen and oxygen atoms in total. The van der Waals surface area contributed by atoms with Crippen LogP contribution in [0.4, 0.5) is 4.39 Å². The number of amidine groups is 1. The molecule has 0 spiro atoms. The van der Waals surface area contributed by atoms with Crippen LogP contribution in [0.5, 0.6) is 0 Å². The van der Waals surface area contributed by atoms with Crippen molar-refractivity contribution in [2.24, 2.45) is 5.10 Å². The minimum Gasteiger partial charge on any atom is -0.287 e. The highest BCUT2D eigenvalue weighted by Gasteiger charge is 2.09. The highest BCUT2D eigenvalue weighted by Crippen LogP contribution is 2.10. The molecule has 0 aliphatic heterocycles. The Balaban J connectivity index is 2.80. The number of nitrogens with one attached hydrogen (secondary N) is 1. The second kappa shape index (κ2) is 5.24. The lowest BCUT2D eigenvalue weighted by molar-refractivity contribution is 0.420. The van der Waals surface area contributed by atoms with Crippen molar-refractivity contribution in [1.82, 2.24) is 5.01 Å². The Hall–Kier alpha value is -1.71. The summed E-state index contributed by atoms with van der Waals surface area (Å²) in [5.74, 6) is 0.0447.